The van der Waals surface area contributed by atoms with Crippen molar-refractivity contribution in [3.05, 3.63) is 48.2 Å². The van der Waals surface area contributed by atoms with Crippen LogP contribution in [0.15, 0.2) is 42.6 Å². The van der Waals surface area contributed by atoms with E-state index in [0.717, 1.165) is 6.07 Å². The Labute approximate surface area is 181 Å². The minimum atomic E-state index is -4.52. The number of methoxy groups -OCH3 is 1. The number of amides is 1. The predicted molar refractivity (Wildman–Crippen MR) is 111 cm³/mol. The molecule has 1 atom stereocenters. The van der Waals surface area contributed by atoms with E-state index in [1.807, 2.05) is 12.1 Å². The quantitative estimate of drug-likeness (QED) is 0.620. The Balaban J connectivity index is 1.47. The molecule has 0 spiro atoms. The van der Waals surface area contributed by atoms with Gasteiger partial charge in [-0.2, -0.15) is 18.2 Å². The maximum Gasteiger partial charge on any atom is 0.419 e. The van der Waals surface area contributed by atoms with E-state index in [2.05, 4.69) is 25.5 Å². The molecule has 2 N–H and O–H groups in total. The molecule has 2 aromatic heterocycles. The molecule has 4 rings (SSSR count). The van der Waals surface area contributed by atoms with E-state index in [1.54, 1.807) is 19.2 Å². The predicted octanol–water partition coefficient (Wildman–Crippen LogP) is 3.75. The highest BCUT2D eigenvalue weighted by Gasteiger charge is 2.37. The number of piperidine rings is 1. The molecule has 1 aliphatic heterocycles. The minimum absolute atomic E-state index is 0.0850. The fourth-order valence-corrected chi connectivity index (χ4v) is 3.74. The number of halogens is 3. The third kappa shape index (κ3) is 4.51. The van der Waals surface area contributed by atoms with Gasteiger partial charge in [-0.1, -0.05) is 12.1 Å². The van der Waals surface area contributed by atoms with Crippen molar-refractivity contribution < 1.29 is 22.7 Å². The molecule has 0 saturated carbocycles. The van der Waals surface area contributed by atoms with Gasteiger partial charge in [0.1, 0.15) is 11.6 Å². The van der Waals surface area contributed by atoms with E-state index in [4.69, 9.17) is 4.74 Å². The highest BCUT2D eigenvalue weighted by molar-refractivity contribution is 5.91. The smallest absolute Gasteiger partial charge is 0.419 e. The van der Waals surface area contributed by atoms with Gasteiger partial charge in [0.2, 0.25) is 11.9 Å². The van der Waals surface area contributed by atoms with Gasteiger partial charge in [0.25, 0.3) is 0 Å². The number of rotatable bonds is 5. The molecule has 8 nitrogen and oxygen atoms in total. The summed E-state index contributed by atoms with van der Waals surface area (Å²) >= 11 is 0. The van der Waals surface area contributed by atoms with Gasteiger partial charge < -0.3 is 9.64 Å². The van der Waals surface area contributed by atoms with E-state index < -0.39 is 17.7 Å². The van der Waals surface area contributed by atoms with Gasteiger partial charge in [0.05, 0.1) is 24.2 Å². The molecule has 1 amide bonds. The summed E-state index contributed by atoms with van der Waals surface area (Å²) in [5, 5.41) is 9.44. The number of alkyl halides is 3. The molecular formula is C21H21F3N6O2. The van der Waals surface area contributed by atoms with Crippen molar-refractivity contribution in [2.24, 2.45) is 5.92 Å². The molecular weight excluding hydrogens is 425 g/mol. The Morgan fingerprint density at radius 1 is 1.25 bits per heavy atom. The second kappa shape index (κ2) is 8.85. The summed E-state index contributed by atoms with van der Waals surface area (Å²) in [5.74, 6) is 0.0621. The maximum atomic E-state index is 13.4. The molecule has 0 bridgehead atoms. The molecule has 3 aromatic rings. The number of hydrogen-bond donors (Lipinski definition) is 2. The Morgan fingerprint density at radius 2 is 2.06 bits per heavy atom. The van der Waals surface area contributed by atoms with Crippen molar-refractivity contribution >= 4 is 17.7 Å². The molecule has 1 saturated heterocycles. The Bertz CT molecular complexity index is 1100. The van der Waals surface area contributed by atoms with Crippen LogP contribution in [0.4, 0.5) is 24.9 Å². The highest BCUT2D eigenvalue weighted by atomic mass is 19.4. The number of H-pyrrole nitrogens is 1. The van der Waals surface area contributed by atoms with Gasteiger partial charge in [-0.15, -0.1) is 5.10 Å². The van der Waals surface area contributed by atoms with Crippen LogP contribution in [0.5, 0.6) is 5.75 Å². The van der Waals surface area contributed by atoms with E-state index in [-0.39, 0.29) is 24.2 Å². The summed E-state index contributed by atoms with van der Waals surface area (Å²) in [4.78, 5) is 22.5. The van der Waals surface area contributed by atoms with Gasteiger partial charge in [-0.25, -0.2) is 4.98 Å². The van der Waals surface area contributed by atoms with Crippen molar-refractivity contribution in [1.29, 1.82) is 0 Å². The van der Waals surface area contributed by atoms with Gasteiger partial charge in [-0.05, 0) is 37.1 Å². The average molecular weight is 446 g/mol. The van der Waals surface area contributed by atoms with Gasteiger partial charge in [-0.3, -0.25) is 15.2 Å². The second-order valence-corrected chi connectivity index (χ2v) is 7.35. The van der Waals surface area contributed by atoms with Crippen LogP contribution >= 0.6 is 0 Å². The van der Waals surface area contributed by atoms with Crippen LogP contribution in [-0.2, 0) is 11.0 Å². The van der Waals surface area contributed by atoms with Crippen LogP contribution in [-0.4, -0.2) is 46.3 Å². The minimum Gasteiger partial charge on any atom is -0.496 e. The van der Waals surface area contributed by atoms with Gasteiger partial charge >= 0.3 is 6.18 Å². The molecule has 3 heterocycles. The molecule has 11 heteroatoms. The molecule has 0 aliphatic carbocycles. The van der Waals surface area contributed by atoms with Gasteiger partial charge in [0, 0.05) is 19.3 Å². The summed E-state index contributed by atoms with van der Waals surface area (Å²) in [6.07, 6.45) is -2.10. The number of nitrogens with one attached hydrogen (secondary N) is 2. The molecule has 1 unspecified atom stereocenters. The topological polar surface area (TPSA) is 96.0 Å². The van der Waals surface area contributed by atoms with Crippen molar-refractivity contribution in [3.63, 3.8) is 0 Å². The zero-order valence-corrected chi connectivity index (χ0v) is 17.2. The summed E-state index contributed by atoms with van der Waals surface area (Å²) in [6, 6.07) is 9.47. The number of aromatic nitrogens is 4. The number of nitrogens with zero attached hydrogens (tertiary/aromatic N) is 4. The van der Waals surface area contributed by atoms with Crippen LogP contribution < -0.4 is 15.0 Å². The average Bonchev–Trinajstić information content (AvgIpc) is 3.26. The summed E-state index contributed by atoms with van der Waals surface area (Å²) in [7, 11) is 1.54. The van der Waals surface area contributed by atoms with Crippen molar-refractivity contribution in [2.45, 2.75) is 19.0 Å². The van der Waals surface area contributed by atoms with Crippen molar-refractivity contribution in [3.8, 4) is 17.1 Å². The Morgan fingerprint density at radius 3 is 2.84 bits per heavy atom. The molecule has 1 aromatic carbocycles. The lowest BCUT2D eigenvalue weighted by atomic mass is 9.96. The first-order valence-corrected chi connectivity index (χ1v) is 10.0. The normalized spacial score (nSPS) is 16.6. The van der Waals surface area contributed by atoms with E-state index in [1.165, 1.54) is 17.2 Å². The van der Waals surface area contributed by atoms with Crippen LogP contribution in [0.25, 0.3) is 11.4 Å². The molecule has 1 aliphatic rings. The molecule has 0 radical (unpaired) electrons. The second-order valence-electron chi connectivity index (χ2n) is 7.35. The highest BCUT2D eigenvalue weighted by Crippen LogP contribution is 2.36. The van der Waals surface area contributed by atoms with Crippen LogP contribution in [0.2, 0.25) is 0 Å². The largest absolute Gasteiger partial charge is 0.496 e. The fraction of sp³-hybridized carbons (Fsp3) is 0.333. The number of pyridine rings is 1. The number of para-hydroxylation sites is 1. The van der Waals surface area contributed by atoms with E-state index >= 15 is 0 Å². The zero-order chi connectivity index (χ0) is 22.7. The van der Waals surface area contributed by atoms with E-state index in [9.17, 15) is 18.0 Å². The number of hydrogen-bond acceptors (Lipinski definition) is 6. The summed E-state index contributed by atoms with van der Waals surface area (Å²) in [5.41, 5.74) is -0.127. The maximum absolute atomic E-state index is 13.4. The summed E-state index contributed by atoms with van der Waals surface area (Å²) < 4.78 is 45.4. The molecule has 168 valence electrons. The zero-order valence-electron chi connectivity index (χ0n) is 17.2. The summed E-state index contributed by atoms with van der Waals surface area (Å²) in [6.45, 7) is 0.512. The van der Waals surface area contributed by atoms with Crippen molar-refractivity contribution in [2.75, 3.05) is 30.4 Å². The molecule has 1 fully saturated rings. The van der Waals surface area contributed by atoms with Crippen LogP contribution in [0, 0.1) is 5.92 Å². The number of anilines is 2. The first-order valence-electron chi connectivity index (χ1n) is 10.0. The monoisotopic (exact) mass is 446 g/mol. The first kappa shape index (κ1) is 21.6. The number of aromatic amines is 1. The lowest BCUT2D eigenvalue weighted by Crippen LogP contribution is -2.42. The van der Waals surface area contributed by atoms with Crippen LogP contribution in [0.1, 0.15) is 18.4 Å². The SMILES string of the molecule is COc1ccccc1-c1nc(NC(=O)C2CCCN(c3ncccc3C(F)(F)F)C2)n[nH]1. The third-order valence-electron chi connectivity index (χ3n) is 5.27. The third-order valence-corrected chi connectivity index (χ3v) is 5.27. The lowest BCUT2D eigenvalue weighted by molar-refractivity contribution is -0.137. The van der Waals surface area contributed by atoms with Crippen molar-refractivity contribution in [1.82, 2.24) is 20.2 Å². The number of carbonyl (C=O) groups is 1. The number of benzene rings is 1. The van der Waals surface area contributed by atoms with E-state index in [0.29, 0.717) is 36.5 Å². The number of ether oxygens (including phenoxy) is 1. The first-order chi connectivity index (χ1) is 15.4. The Hall–Kier alpha value is -3.63. The lowest BCUT2D eigenvalue weighted by Gasteiger charge is -2.33. The Kier molecular flexibility index (Phi) is 5.97. The van der Waals surface area contributed by atoms with Gasteiger partial charge in [0.15, 0.2) is 5.82 Å². The molecule has 32 heavy (non-hydrogen) atoms. The fourth-order valence-electron chi connectivity index (χ4n) is 3.74. The standard InChI is InChI=1S/C21H21F3N6O2/c1-32-16-9-3-2-7-14(16)17-26-20(29-28-17)27-19(31)13-6-5-11-30(12-13)18-15(21(22,23)24)8-4-10-25-18/h2-4,7-10,13H,5-6,11-12H2,1H3,(H2,26,27,28,29,31). The number of carbonyl (C=O) groups excluding carboxylic acids is 1. The van der Waals surface area contributed by atoms with Crippen LogP contribution in [0.3, 0.4) is 0 Å².